The van der Waals surface area contributed by atoms with Crippen molar-refractivity contribution in [2.75, 3.05) is 33.9 Å². The summed E-state index contributed by atoms with van der Waals surface area (Å²) >= 11 is 0. The van der Waals surface area contributed by atoms with E-state index in [2.05, 4.69) is 13.2 Å². The number of carbonyl (C=O) groups is 1. The molecule has 0 bridgehead atoms. The molecule has 148 valence electrons. The lowest BCUT2D eigenvalue weighted by Gasteiger charge is -2.37. The Hall–Kier alpha value is -1.13. The van der Waals surface area contributed by atoms with Gasteiger partial charge in [-0.15, -0.1) is 6.58 Å². The largest absolute Gasteiger partial charge is 0.462 e. The van der Waals surface area contributed by atoms with Gasteiger partial charge in [0.15, 0.2) is 0 Å². The molecule has 2 saturated carbocycles. The molecule has 0 N–H and O–H groups in total. The Morgan fingerprint density at radius 1 is 1.04 bits per heavy atom. The van der Waals surface area contributed by atoms with Gasteiger partial charge in [-0.3, -0.25) is 0 Å². The lowest BCUT2D eigenvalue weighted by atomic mass is 9.71. The van der Waals surface area contributed by atoms with Gasteiger partial charge in [0, 0.05) is 12.1 Å². The standard InChI is InChI=1S/C22H37NO3/c1-5-14-25-21-12-10-20(11-13-21)19-8-6-18(7-9-19)16-26-22(24)17(2)15-23(3)4/h5,18-21H,1-2,6-16H2,3-4H3. The fourth-order valence-electron chi connectivity index (χ4n) is 4.50. The lowest BCUT2D eigenvalue weighted by molar-refractivity contribution is -0.141. The molecule has 4 nitrogen and oxygen atoms in total. The van der Waals surface area contributed by atoms with Gasteiger partial charge in [0.2, 0.25) is 0 Å². The highest BCUT2D eigenvalue weighted by Gasteiger charge is 2.31. The predicted octanol–water partition coefficient (Wildman–Crippen LogP) is 4.22. The highest BCUT2D eigenvalue weighted by Crippen LogP contribution is 2.40. The van der Waals surface area contributed by atoms with Crippen molar-refractivity contribution >= 4 is 5.97 Å². The highest BCUT2D eigenvalue weighted by molar-refractivity contribution is 5.88. The maximum atomic E-state index is 12.0. The van der Waals surface area contributed by atoms with Crippen LogP contribution in [0.3, 0.4) is 0 Å². The summed E-state index contributed by atoms with van der Waals surface area (Å²) in [6.07, 6.45) is 12.2. The van der Waals surface area contributed by atoms with Crippen molar-refractivity contribution in [1.82, 2.24) is 4.90 Å². The van der Waals surface area contributed by atoms with Crippen LogP contribution in [-0.2, 0) is 14.3 Å². The van der Waals surface area contributed by atoms with Crippen LogP contribution in [-0.4, -0.2) is 50.8 Å². The third-order valence-electron chi connectivity index (χ3n) is 5.97. The van der Waals surface area contributed by atoms with Crippen LogP contribution in [0, 0.1) is 17.8 Å². The average molecular weight is 364 g/mol. The van der Waals surface area contributed by atoms with E-state index in [4.69, 9.17) is 9.47 Å². The summed E-state index contributed by atoms with van der Waals surface area (Å²) < 4.78 is 11.3. The number of carbonyl (C=O) groups excluding carboxylic acids is 1. The minimum Gasteiger partial charge on any atom is -0.462 e. The summed E-state index contributed by atoms with van der Waals surface area (Å²) in [6.45, 7) is 9.35. The van der Waals surface area contributed by atoms with E-state index < -0.39 is 0 Å². The maximum Gasteiger partial charge on any atom is 0.334 e. The van der Waals surface area contributed by atoms with Gasteiger partial charge in [-0.25, -0.2) is 4.79 Å². The van der Waals surface area contributed by atoms with Crippen LogP contribution < -0.4 is 0 Å². The normalized spacial score (nSPS) is 29.3. The van der Waals surface area contributed by atoms with Crippen molar-refractivity contribution in [2.24, 2.45) is 17.8 Å². The van der Waals surface area contributed by atoms with E-state index in [0.717, 1.165) is 11.8 Å². The number of ether oxygens (including phenoxy) is 2. The molecule has 2 rings (SSSR count). The molecule has 0 heterocycles. The molecule has 2 aliphatic rings. The van der Waals surface area contributed by atoms with E-state index in [9.17, 15) is 4.79 Å². The molecule has 0 aromatic rings. The van der Waals surface area contributed by atoms with E-state index >= 15 is 0 Å². The highest BCUT2D eigenvalue weighted by atomic mass is 16.5. The summed E-state index contributed by atoms with van der Waals surface area (Å²) in [5.41, 5.74) is 0.541. The Balaban J connectivity index is 1.62. The van der Waals surface area contributed by atoms with Gasteiger partial charge >= 0.3 is 5.97 Å². The van der Waals surface area contributed by atoms with Crippen LogP contribution in [0.5, 0.6) is 0 Å². The van der Waals surface area contributed by atoms with Gasteiger partial charge in [0.1, 0.15) is 0 Å². The number of hydrogen-bond donors (Lipinski definition) is 0. The molecule has 0 radical (unpaired) electrons. The molecule has 26 heavy (non-hydrogen) atoms. The van der Waals surface area contributed by atoms with Gasteiger partial charge in [-0.2, -0.15) is 0 Å². The molecule has 0 spiro atoms. The minimum atomic E-state index is -0.237. The molecule has 0 aromatic carbocycles. The van der Waals surface area contributed by atoms with Crippen LogP contribution in [0.2, 0.25) is 0 Å². The summed E-state index contributed by atoms with van der Waals surface area (Å²) in [5, 5.41) is 0. The van der Waals surface area contributed by atoms with Crippen molar-refractivity contribution in [3.05, 3.63) is 24.8 Å². The Morgan fingerprint density at radius 2 is 1.62 bits per heavy atom. The van der Waals surface area contributed by atoms with E-state index in [1.54, 1.807) is 0 Å². The first-order chi connectivity index (χ1) is 12.5. The Bertz CT molecular complexity index is 458. The van der Waals surface area contributed by atoms with Crippen molar-refractivity contribution in [3.8, 4) is 0 Å². The van der Waals surface area contributed by atoms with E-state index in [1.807, 2.05) is 25.1 Å². The van der Waals surface area contributed by atoms with Gasteiger partial charge in [0.05, 0.1) is 19.3 Å². The zero-order valence-corrected chi connectivity index (χ0v) is 16.8. The van der Waals surface area contributed by atoms with Gasteiger partial charge < -0.3 is 14.4 Å². The van der Waals surface area contributed by atoms with Crippen molar-refractivity contribution in [1.29, 1.82) is 0 Å². The number of hydrogen-bond acceptors (Lipinski definition) is 4. The first-order valence-corrected chi connectivity index (χ1v) is 10.2. The Kier molecular flexibility index (Phi) is 8.86. The van der Waals surface area contributed by atoms with E-state index in [0.29, 0.717) is 37.4 Å². The van der Waals surface area contributed by atoms with Crippen LogP contribution in [0.1, 0.15) is 51.4 Å². The topological polar surface area (TPSA) is 38.8 Å². The zero-order chi connectivity index (χ0) is 18.9. The van der Waals surface area contributed by atoms with E-state index in [1.165, 1.54) is 51.4 Å². The fraction of sp³-hybridized carbons (Fsp3) is 0.773. The van der Waals surface area contributed by atoms with Crippen molar-refractivity contribution < 1.29 is 14.3 Å². The van der Waals surface area contributed by atoms with Crippen LogP contribution in [0.15, 0.2) is 24.8 Å². The molecular weight excluding hydrogens is 326 g/mol. The average Bonchev–Trinajstić information content (AvgIpc) is 2.64. The quantitative estimate of drug-likeness (QED) is 0.349. The van der Waals surface area contributed by atoms with Gasteiger partial charge in [0.25, 0.3) is 0 Å². The van der Waals surface area contributed by atoms with Crippen molar-refractivity contribution in [3.63, 3.8) is 0 Å². The molecule has 0 atom stereocenters. The number of nitrogens with zero attached hydrogens (tertiary/aromatic N) is 1. The van der Waals surface area contributed by atoms with Gasteiger partial charge in [-0.1, -0.05) is 12.7 Å². The lowest BCUT2D eigenvalue weighted by Crippen LogP contribution is -2.30. The molecule has 0 amide bonds. The fourth-order valence-corrected chi connectivity index (χ4v) is 4.50. The first-order valence-electron chi connectivity index (χ1n) is 10.2. The smallest absolute Gasteiger partial charge is 0.334 e. The second-order valence-electron chi connectivity index (χ2n) is 8.38. The SMILES string of the molecule is C=CCOC1CCC(C2CCC(COC(=O)C(=C)CN(C)C)CC2)CC1. The van der Waals surface area contributed by atoms with Crippen LogP contribution in [0.25, 0.3) is 0 Å². The molecule has 0 saturated heterocycles. The number of esters is 1. The third kappa shape index (κ3) is 6.88. The maximum absolute atomic E-state index is 12.0. The molecule has 4 heteroatoms. The van der Waals surface area contributed by atoms with Crippen LogP contribution >= 0.6 is 0 Å². The number of rotatable bonds is 9. The summed E-state index contributed by atoms with van der Waals surface area (Å²) in [4.78, 5) is 13.9. The second kappa shape index (κ2) is 10.9. The monoisotopic (exact) mass is 363 g/mol. The predicted molar refractivity (Wildman–Crippen MR) is 106 cm³/mol. The molecule has 2 aliphatic carbocycles. The third-order valence-corrected chi connectivity index (χ3v) is 5.97. The zero-order valence-electron chi connectivity index (χ0n) is 16.8. The summed E-state index contributed by atoms with van der Waals surface area (Å²) in [5.74, 6) is 2.00. The molecule has 0 aromatic heterocycles. The Morgan fingerprint density at radius 3 is 2.15 bits per heavy atom. The minimum absolute atomic E-state index is 0.237. The number of likely N-dealkylation sites (N-methyl/N-ethyl adjacent to an activating group) is 1. The first kappa shape index (κ1) is 21.2. The molecule has 0 aliphatic heterocycles. The second-order valence-corrected chi connectivity index (χ2v) is 8.38. The Labute approximate surface area is 159 Å². The molecule has 2 fully saturated rings. The molecule has 0 unspecified atom stereocenters. The summed E-state index contributed by atoms with van der Waals surface area (Å²) in [7, 11) is 3.86. The van der Waals surface area contributed by atoms with E-state index in [-0.39, 0.29) is 5.97 Å². The molecular formula is C22H37NO3. The van der Waals surface area contributed by atoms with Crippen LogP contribution in [0.4, 0.5) is 0 Å². The van der Waals surface area contributed by atoms with Gasteiger partial charge in [-0.05, 0) is 83.2 Å². The van der Waals surface area contributed by atoms with Crippen molar-refractivity contribution in [2.45, 2.75) is 57.5 Å². The summed E-state index contributed by atoms with van der Waals surface area (Å²) in [6, 6.07) is 0.